The largest absolute Gasteiger partial charge is 0.327 e. The van der Waals surface area contributed by atoms with Crippen molar-refractivity contribution in [3.05, 3.63) is 83.4 Å². The highest BCUT2D eigenvalue weighted by Crippen LogP contribution is 2.44. The van der Waals surface area contributed by atoms with Gasteiger partial charge in [-0.25, -0.2) is 9.88 Å². The summed E-state index contributed by atoms with van der Waals surface area (Å²) in [7, 11) is 0. The van der Waals surface area contributed by atoms with Crippen LogP contribution >= 0.6 is 0 Å². The molecule has 2 amide bonds. The first-order valence-corrected chi connectivity index (χ1v) is 9.68. The molecule has 2 aromatic carbocycles. The number of carbonyl (C=O) groups excluding carboxylic acids is 2. The molecule has 0 spiro atoms. The van der Waals surface area contributed by atoms with E-state index in [1.54, 1.807) is 0 Å². The molecule has 140 valence electrons. The summed E-state index contributed by atoms with van der Waals surface area (Å²) in [5, 5.41) is 0. The number of hydrogen-bond donors (Lipinski definition) is 0. The van der Waals surface area contributed by atoms with E-state index in [2.05, 4.69) is 16.7 Å². The Bertz CT molecular complexity index is 1060. The number of nitrogens with zero attached hydrogens (tertiary/aromatic N) is 3. The third-order valence-corrected chi connectivity index (χ3v) is 5.88. The van der Waals surface area contributed by atoms with Crippen molar-refractivity contribution in [1.82, 2.24) is 9.55 Å². The zero-order chi connectivity index (χ0) is 19.3. The lowest BCUT2D eigenvalue weighted by atomic mass is 9.81. The van der Waals surface area contributed by atoms with Crippen molar-refractivity contribution in [3.8, 4) is 0 Å². The predicted octanol–water partition coefficient (Wildman–Crippen LogP) is 3.46. The molecule has 2 heterocycles. The van der Waals surface area contributed by atoms with E-state index >= 15 is 0 Å². The van der Waals surface area contributed by atoms with Crippen LogP contribution in [-0.4, -0.2) is 21.4 Å². The Labute approximate surface area is 163 Å². The fraction of sp³-hybridized carbons (Fsp3) is 0.261. The van der Waals surface area contributed by atoms with E-state index in [1.165, 1.54) is 4.90 Å². The van der Waals surface area contributed by atoms with Crippen LogP contribution in [0.2, 0.25) is 0 Å². The molecular formula is C23H21N3O2. The number of benzene rings is 2. The molecule has 1 aliphatic carbocycles. The molecule has 0 unspecified atom stereocenters. The molecule has 2 atom stereocenters. The molecule has 1 aliphatic heterocycles. The van der Waals surface area contributed by atoms with Crippen LogP contribution < -0.4 is 4.90 Å². The summed E-state index contributed by atoms with van der Waals surface area (Å²) in [4.78, 5) is 32.6. The van der Waals surface area contributed by atoms with Gasteiger partial charge in [-0.2, -0.15) is 0 Å². The summed E-state index contributed by atoms with van der Waals surface area (Å²) in [6, 6.07) is 19.4. The highest BCUT2D eigenvalue weighted by Gasteiger charge is 2.52. The van der Waals surface area contributed by atoms with Gasteiger partial charge in [0.05, 0.1) is 28.9 Å². The molecule has 28 heavy (non-hydrogen) atoms. The maximum atomic E-state index is 13.4. The molecule has 5 heteroatoms. The van der Waals surface area contributed by atoms with Gasteiger partial charge in [-0.3, -0.25) is 9.59 Å². The number of fused-ring (bicyclic) bond motifs is 3. The lowest BCUT2D eigenvalue weighted by molar-refractivity contribution is -0.122. The fourth-order valence-corrected chi connectivity index (χ4v) is 4.59. The van der Waals surface area contributed by atoms with Gasteiger partial charge in [0.15, 0.2) is 0 Å². The van der Waals surface area contributed by atoms with Gasteiger partial charge in [0.2, 0.25) is 11.8 Å². The normalized spacial score (nSPS) is 21.0. The number of aryl methyl sites for hydroxylation is 2. The van der Waals surface area contributed by atoms with Crippen molar-refractivity contribution in [2.24, 2.45) is 5.92 Å². The number of anilines is 1. The molecule has 0 saturated carbocycles. The van der Waals surface area contributed by atoms with Gasteiger partial charge in [-0.15, -0.1) is 0 Å². The summed E-state index contributed by atoms with van der Waals surface area (Å²) in [6.07, 6.45) is 1.41. The van der Waals surface area contributed by atoms with Crippen molar-refractivity contribution >= 4 is 17.5 Å². The van der Waals surface area contributed by atoms with Crippen molar-refractivity contribution in [3.63, 3.8) is 0 Å². The fourth-order valence-electron chi connectivity index (χ4n) is 4.59. The molecule has 5 rings (SSSR count). The second-order valence-electron chi connectivity index (χ2n) is 7.53. The quantitative estimate of drug-likeness (QED) is 0.663. The Morgan fingerprint density at radius 2 is 1.64 bits per heavy atom. The first-order valence-electron chi connectivity index (χ1n) is 9.68. The summed E-state index contributed by atoms with van der Waals surface area (Å²) in [5.41, 5.74) is 3.70. The van der Waals surface area contributed by atoms with Crippen LogP contribution in [0.4, 0.5) is 5.69 Å². The number of rotatable bonds is 3. The third-order valence-electron chi connectivity index (χ3n) is 5.88. The van der Waals surface area contributed by atoms with Gasteiger partial charge < -0.3 is 4.57 Å². The minimum atomic E-state index is -0.443. The standard InChI is InChI=1S/C23H21N3O2/c1-15-24-19-13-12-18-20(21(19)25(15)14-16-8-4-2-5-9-16)23(28)26(22(18)27)17-10-6-3-7-11-17/h2-11,18,20H,12-14H2,1H3/t18-,20-/m1/s1. The number of aromatic nitrogens is 2. The summed E-state index contributed by atoms with van der Waals surface area (Å²) < 4.78 is 2.13. The van der Waals surface area contributed by atoms with E-state index in [0.29, 0.717) is 18.7 Å². The Morgan fingerprint density at radius 3 is 2.36 bits per heavy atom. The van der Waals surface area contributed by atoms with Gasteiger partial charge in [0, 0.05) is 6.54 Å². The van der Waals surface area contributed by atoms with Crippen LogP contribution in [0.5, 0.6) is 0 Å². The molecule has 3 aromatic rings. The Balaban J connectivity index is 1.59. The predicted molar refractivity (Wildman–Crippen MR) is 106 cm³/mol. The molecule has 5 nitrogen and oxygen atoms in total. The first-order chi connectivity index (χ1) is 13.6. The van der Waals surface area contributed by atoms with Crippen LogP contribution in [0.25, 0.3) is 0 Å². The van der Waals surface area contributed by atoms with Crippen LogP contribution in [0.15, 0.2) is 60.7 Å². The number of hydrogen-bond acceptors (Lipinski definition) is 3. The van der Waals surface area contributed by atoms with Crippen LogP contribution in [0.3, 0.4) is 0 Å². The van der Waals surface area contributed by atoms with Crippen LogP contribution in [0, 0.1) is 12.8 Å². The third kappa shape index (κ3) is 2.50. The maximum absolute atomic E-state index is 13.4. The van der Waals surface area contributed by atoms with E-state index in [1.807, 2.05) is 55.5 Å². The molecule has 2 aliphatic rings. The smallest absolute Gasteiger partial charge is 0.243 e. The number of para-hydroxylation sites is 1. The average Bonchev–Trinajstić information content (AvgIpc) is 3.17. The van der Waals surface area contributed by atoms with Gasteiger partial charge in [-0.1, -0.05) is 48.5 Å². The Hall–Kier alpha value is -3.21. The Kier molecular flexibility index (Phi) is 3.90. The second-order valence-corrected chi connectivity index (χ2v) is 7.53. The maximum Gasteiger partial charge on any atom is 0.243 e. The lowest BCUT2D eigenvalue weighted by Crippen LogP contribution is -2.30. The van der Waals surface area contributed by atoms with Crippen LogP contribution in [-0.2, 0) is 22.6 Å². The summed E-state index contributed by atoms with van der Waals surface area (Å²) in [5.74, 6) is -0.0616. The van der Waals surface area contributed by atoms with Gasteiger partial charge in [-0.05, 0) is 37.5 Å². The van der Waals surface area contributed by atoms with Gasteiger partial charge >= 0.3 is 0 Å². The van der Waals surface area contributed by atoms with E-state index in [-0.39, 0.29) is 17.7 Å². The van der Waals surface area contributed by atoms with Gasteiger partial charge in [0.25, 0.3) is 0 Å². The molecular weight excluding hydrogens is 350 g/mol. The SMILES string of the molecule is Cc1nc2c(n1Cc1ccccc1)[C@@H]1C(=O)N(c3ccccc3)C(=O)[C@@H]1CC2. The zero-order valence-corrected chi connectivity index (χ0v) is 15.7. The van der Waals surface area contributed by atoms with E-state index < -0.39 is 5.92 Å². The summed E-state index contributed by atoms with van der Waals surface area (Å²) >= 11 is 0. The van der Waals surface area contributed by atoms with Crippen molar-refractivity contribution < 1.29 is 9.59 Å². The lowest BCUT2D eigenvalue weighted by Gasteiger charge is -2.23. The highest BCUT2D eigenvalue weighted by molar-refractivity contribution is 6.24. The molecule has 0 radical (unpaired) electrons. The molecule has 1 aromatic heterocycles. The van der Waals surface area contributed by atoms with E-state index in [9.17, 15) is 9.59 Å². The second kappa shape index (κ2) is 6.44. The zero-order valence-electron chi connectivity index (χ0n) is 15.7. The number of amides is 2. The number of imidazole rings is 1. The van der Waals surface area contributed by atoms with Crippen molar-refractivity contribution in [2.75, 3.05) is 4.90 Å². The first kappa shape index (κ1) is 16.9. The van der Waals surface area contributed by atoms with Crippen molar-refractivity contribution in [1.29, 1.82) is 0 Å². The van der Waals surface area contributed by atoms with E-state index in [4.69, 9.17) is 4.98 Å². The molecule has 0 bridgehead atoms. The number of carbonyl (C=O) groups is 2. The van der Waals surface area contributed by atoms with Crippen molar-refractivity contribution in [2.45, 2.75) is 32.2 Å². The van der Waals surface area contributed by atoms with E-state index in [0.717, 1.165) is 29.2 Å². The monoisotopic (exact) mass is 371 g/mol. The average molecular weight is 371 g/mol. The number of imide groups is 1. The minimum absolute atomic E-state index is 0.0861. The summed E-state index contributed by atoms with van der Waals surface area (Å²) in [6.45, 7) is 2.64. The molecule has 0 N–H and O–H groups in total. The Morgan fingerprint density at radius 1 is 0.964 bits per heavy atom. The topological polar surface area (TPSA) is 55.2 Å². The van der Waals surface area contributed by atoms with Gasteiger partial charge in [0.1, 0.15) is 5.82 Å². The highest BCUT2D eigenvalue weighted by atomic mass is 16.2. The molecule has 1 fully saturated rings. The molecule has 1 saturated heterocycles. The van der Waals surface area contributed by atoms with Crippen LogP contribution in [0.1, 0.15) is 35.1 Å². The minimum Gasteiger partial charge on any atom is -0.327 e.